The minimum absolute atomic E-state index is 0.309. The van der Waals surface area contributed by atoms with Gasteiger partial charge < -0.3 is 5.32 Å². The van der Waals surface area contributed by atoms with Gasteiger partial charge in [-0.25, -0.2) is 0 Å². The van der Waals surface area contributed by atoms with Crippen LogP contribution in [0.2, 0.25) is 0 Å². The molecule has 2 aromatic rings. The molecule has 3 nitrogen and oxygen atoms in total. The molecule has 0 saturated heterocycles. The summed E-state index contributed by atoms with van der Waals surface area (Å²) >= 11 is 5.66. The fraction of sp³-hybridized carbons (Fsp3) is 0.438. The standard InChI is InChI=1S/C16H20BrN3S/c1-3-18-15(16-12(17)10-19-20(16)4-2)14-9-11-7-5-6-8-13(11)21-14/h5-8,10,14-15,18H,3-4,9H2,1-2H3. The molecule has 1 aromatic carbocycles. The van der Waals surface area contributed by atoms with Gasteiger partial charge in [-0.05, 0) is 47.4 Å². The first-order valence-corrected chi connectivity index (χ1v) is 9.11. The van der Waals surface area contributed by atoms with Crippen molar-refractivity contribution in [3.63, 3.8) is 0 Å². The number of nitrogens with one attached hydrogen (secondary N) is 1. The van der Waals surface area contributed by atoms with Crippen LogP contribution in [0.4, 0.5) is 0 Å². The van der Waals surface area contributed by atoms with E-state index in [4.69, 9.17) is 0 Å². The van der Waals surface area contributed by atoms with Gasteiger partial charge in [0.25, 0.3) is 0 Å². The lowest BCUT2D eigenvalue weighted by Gasteiger charge is -2.25. The molecule has 21 heavy (non-hydrogen) atoms. The maximum absolute atomic E-state index is 4.48. The number of rotatable bonds is 5. The summed E-state index contributed by atoms with van der Waals surface area (Å²) in [7, 11) is 0. The van der Waals surface area contributed by atoms with Gasteiger partial charge in [-0.3, -0.25) is 4.68 Å². The van der Waals surface area contributed by atoms with Gasteiger partial charge in [0.1, 0.15) is 0 Å². The highest BCUT2D eigenvalue weighted by atomic mass is 79.9. The molecule has 0 fully saturated rings. The van der Waals surface area contributed by atoms with Crippen LogP contribution in [0.5, 0.6) is 0 Å². The number of aromatic nitrogens is 2. The summed E-state index contributed by atoms with van der Waals surface area (Å²) < 4.78 is 3.20. The average molecular weight is 366 g/mol. The smallest absolute Gasteiger partial charge is 0.0707 e. The van der Waals surface area contributed by atoms with Crippen molar-refractivity contribution in [2.24, 2.45) is 0 Å². The number of aryl methyl sites for hydroxylation is 1. The number of halogens is 1. The van der Waals surface area contributed by atoms with Gasteiger partial charge in [-0.15, -0.1) is 11.8 Å². The van der Waals surface area contributed by atoms with E-state index in [0.717, 1.165) is 24.0 Å². The summed E-state index contributed by atoms with van der Waals surface area (Å²) in [6.07, 6.45) is 3.02. The number of hydrogen-bond acceptors (Lipinski definition) is 3. The molecule has 0 bridgehead atoms. The zero-order valence-electron chi connectivity index (χ0n) is 12.3. The number of hydrogen-bond donors (Lipinski definition) is 1. The second kappa shape index (κ2) is 6.55. The van der Waals surface area contributed by atoms with Crippen LogP contribution < -0.4 is 5.32 Å². The molecule has 1 N–H and O–H groups in total. The molecule has 1 aromatic heterocycles. The van der Waals surface area contributed by atoms with Crippen LogP contribution in [0.3, 0.4) is 0 Å². The zero-order chi connectivity index (χ0) is 14.8. The first kappa shape index (κ1) is 15.1. The molecule has 2 atom stereocenters. The van der Waals surface area contributed by atoms with Crippen molar-refractivity contribution in [1.29, 1.82) is 0 Å². The Labute approximate surface area is 138 Å². The third kappa shape index (κ3) is 2.91. The molecule has 0 radical (unpaired) electrons. The van der Waals surface area contributed by atoms with Gasteiger partial charge in [-0.1, -0.05) is 25.1 Å². The minimum atomic E-state index is 0.309. The Morgan fingerprint density at radius 2 is 2.24 bits per heavy atom. The Bertz CT molecular complexity index is 601. The largest absolute Gasteiger partial charge is 0.308 e. The van der Waals surface area contributed by atoms with Crippen molar-refractivity contribution in [2.75, 3.05) is 6.54 Å². The number of fused-ring (bicyclic) bond motifs is 1. The third-order valence-corrected chi connectivity index (χ3v) is 5.90. The first-order valence-electron chi connectivity index (χ1n) is 7.43. The van der Waals surface area contributed by atoms with Gasteiger partial charge in [0.05, 0.1) is 22.4 Å². The van der Waals surface area contributed by atoms with Crippen molar-refractivity contribution >= 4 is 27.7 Å². The summed E-state index contributed by atoms with van der Waals surface area (Å²) in [5.41, 5.74) is 2.73. The summed E-state index contributed by atoms with van der Waals surface area (Å²) in [6.45, 7) is 6.16. The van der Waals surface area contributed by atoms with E-state index < -0.39 is 0 Å². The summed E-state index contributed by atoms with van der Waals surface area (Å²) in [6, 6.07) is 9.05. The van der Waals surface area contributed by atoms with Crippen LogP contribution >= 0.6 is 27.7 Å². The number of thioether (sulfide) groups is 1. The molecule has 0 amide bonds. The monoisotopic (exact) mass is 365 g/mol. The predicted octanol–water partition coefficient (Wildman–Crippen LogP) is 4.03. The topological polar surface area (TPSA) is 29.9 Å². The second-order valence-corrected chi connectivity index (χ2v) is 7.33. The molecule has 1 aliphatic rings. The fourth-order valence-corrected chi connectivity index (χ4v) is 4.91. The van der Waals surface area contributed by atoms with E-state index in [1.807, 2.05) is 18.0 Å². The van der Waals surface area contributed by atoms with Crippen LogP contribution in [0.25, 0.3) is 0 Å². The van der Waals surface area contributed by atoms with Gasteiger partial charge in [0, 0.05) is 16.7 Å². The molecular formula is C16H20BrN3S. The van der Waals surface area contributed by atoms with Gasteiger partial charge >= 0.3 is 0 Å². The highest BCUT2D eigenvalue weighted by Gasteiger charge is 2.33. The SMILES string of the molecule is CCNC(c1c(Br)cnn1CC)C1Cc2ccccc2S1. The Morgan fingerprint density at radius 1 is 1.43 bits per heavy atom. The highest BCUT2D eigenvalue weighted by molar-refractivity contribution is 9.10. The van der Waals surface area contributed by atoms with Crippen LogP contribution in [0.1, 0.15) is 31.1 Å². The molecule has 0 saturated carbocycles. The van der Waals surface area contributed by atoms with Crippen LogP contribution in [-0.2, 0) is 13.0 Å². The highest BCUT2D eigenvalue weighted by Crippen LogP contribution is 2.43. The Balaban J connectivity index is 1.91. The quantitative estimate of drug-likeness (QED) is 0.867. The summed E-state index contributed by atoms with van der Waals surface area (Å²) in [5, 5.41) is 8.66. The Hall–Kier alpha value is -0.780. The van der Waals surface area contributed by atoms with Crippen LogP contribution in [0, 0.1) is 0 Å². The third-order valence-electron chi connectivity index (χ3n) is 3.90. The van der Waals surface area contributed by atoms with Gasteiger partial charge in [-0.2, -0.15) is 5.10 Å². The van der Waals surface area contributed by atoms with E-state index in [1.165, 1.54) is 16.2 Å². The lowest BCUT2D eigenvalue weighted by molar-refractivity contribution is 0.477. The molecule has 112 valence electrons. The normalized spacial score (nSPS) is 18.7. The second-order valence-electron chi connectivity index (χ2n) is 5.20. The van der Waals surface area contributed by atoms with Crippen LogP contribution in [0.15, 0.2) is 39.8 Å². The first-order chi connectivity index (χ1) is 10.2. The molecule has 5 heteroatoms. The maximum atomic E-state index is 4.48. The lowest BCUT2D eigenvalue weighted by Crippen LogP contribution is -2.32. The number of benzene rings is 1. The molecular weight excluding hydrogens is 346 g/mol. The van der Waals surface area contributed by atoms with Crippen molar-refractivity contribution < 1.29 is 0 Å². The van der Waals surface area contributed by atoms with Gasteiger partial charge in [0.15, 0.2) is 0 Å². The molecule has 0 spiro atoms. The van der Waals surface area contributed by atoms with E-state index in [2.05, 4.69) is 69.1 Å². The average Bonchev–Trinajstić information content (AvgIpc) is 3.08. The van der Waals surface area contributed by atoms with Crippen molar-refractivity contribution in [3.05, 3.63) is 46.2 Å². The Morgan fingerprint density at radius 3 is 2.95 bits per heavy atom. The predicted molar refractivity (Wildman–Crippen MR) is 91.8 cm³/mol. The zero-order valence-corrected chi connectivity index (χ0v) is 14.7. The molecule has 2 heterocycles. The molecule has 0 aliphatic carbocycles. The number of nitrogens with zero attached hydrogens (tertiary/aromatic N) is 2. The van der Waals surface area contributed by atoms with Crippen molar-refractivity contribution in [3.8, 4) is 0 Å². The van der Waals surface area contributed by atoms with E-state index in [0.29, 0.717) is 11.3 Å². The Kier molecular flexibility index (Phi) is 4.72. The summed E-state index contributed by atoms with van der Waals surface area (Å²) in [4.78, 5) is 1.42. The molecule has 3 rings (SSSR count). The molecule has 2 unspecified atom stereocenters. The van der Waals surface area contributed by atoms with Crippen LogP contribution in [-0.4, -0.2) is 21.6 Å². The van der Waals surface area contributed by atoms with E-state index in [9.17, 15) is 0 Å². The van der Waals surface area contributed by atoms with E-state index >= 15 is 0 Å². The minimum Gasteiger partial charge on any atom is -0.308 e. The molecule has 1 aliphatic heterocycles. The van der Waals surface area contributed by atoms with Crippen molar-refractivity contribution in [2.45, 2.75) is 43.0 Å². The summed E-state index contributed by atoms with van der Waals surface area (Å²) in [5.74, 6) is 0. The lowest BCUT2D eigenvalue weighted by atomic mass is 10.0. The van der Waals surface area contributed by atoms with Crippen molar-refractivity contribution in [1.82, 2.24) is 15.1 Å². The maximum Gasteiger partial charge on any atom is 0.0707 e. The fourth-order valence-electron chi connectivity index (χ4n) is 2.95. The van der Waals surface area contributed by atoms with E-state index in [-0.39, 0.29) is 0 Å². The van der Waals surface area contributed by atoms with Gasteiger partial charge in [0.2, 0.25) is 0 Å². The van der Waals surface area contributed by atoms with E-state index in [1.54, 1.807) is 0 Å².